The minimum absolute atomic E-state index is 0.0852. The summed E-state index contributed by atoms with van der Waals surface area (Å²) in [7, 11) is 2.08. The maximum atomic E-state index is 12.1. The third-order valence-corrected chi connectivity index (χ3v) is 7.06. The van der Waals surface area contributed by atoms with Crippen molar-refractivity contribution < 1.29 is 26.4 Å². The van der Waals surface area contributed by atoms with Gasteiger partial charge in [-0.1, -0.05) is 23.2 Å². The van der Waals surface area contributed by atoms with Crippen molar-refractivity contribution in [3.05, 3.63) is 45.4 Å². The van der Waals surface area contributed by atoms with Gasteiger partial charge in [0, 0.05) is 43.6 Å². The maximum Gasteiger partial charge on any atom is 0.261 e. The summed E-state index contributed by atoms with van der Waals surface area (Å²) in [6, 6.07) is 3.97. The molecular formula is C16H10Cl4O6S2. The summed E-state index contributed by atoms with van der Waals surface area (Å²) in [6.07, 6.45) is 0. The summed E-state index contributed by atoms with van der Waals surface area (Å²) >= 11 is 11.9. The Kier molecular flexibility index (Phi) is 6.55. The smallest absolute Gasteiger partial charge is 0.261 e. The second-order valence-electron chi connectivity index (χ2n) is 5.64. The van der Waals surface area contributed by atoms with Gasteiger partial charge in [0.05, 0.1) is 19.8 Å². The van der Waals surface area contributed by atoms with E-state index in [0.717, 1.165) is 24.3 Å². The van der Waals surface area contributed by atoms with Crippen molar-refractivity contribution in [3.8, 4) is 11.1 Å². The average Bonchev–Trinajstić information content (AvgIpc) is 2.52. The molecule has 0 fully saturated rings. The molecular weight excluding hydrogens is 494 g/mol. The summed E-state index contributed by atoms with van der Waals surface area (Å²) in [6.45, 7) is 2.36. The molecule has 2 rings (SSSR count). The minimum atomic E-state index is -4.43. The zero-order chi connectivity index (χ0) is 21.6. The number of benzene rings is 2. The van der Waals surface area contributed by atoms with Crippen LogP contribution in [0.15, 0.2) is 34.1 Å². The van der Waals surface area contributed by atoms with E-state index in [1.165, 1.54) is 13.8 Å². The second kappa shape index (κ2) is 7.93. The van der Waals surface area contributed by atoms with Crippen molar-refractivity contribution in [3.63, 3.8) is 0 Å². The third-order valence-electron chi connectivity index (χ3n) is 3.71. The first kappa shape index (κ1) is 23.1. The number of Topliss-reactive ketones (excluding diaryl/α,β-unsaturated/α-hetero) is 2. The predicted octanol–water partition coefficient (Wildman–Crippen LogP) is 4.92. The lowest BCUT2D eigenvalue weighted by atomic mass is 9.98. The molecule has 0 N–H and O–H groups in total. The van der Waals surface area contributed by atoms with E-state index in [4.69, 9.17) is 44.6 Å². The molecule has 2 aromatic carbocycles. The monoisotopic (exact) mass is 502 g/mol. The summed E-state index contributed by atoms with van der Waals surface area (Å²) in [5, 5.41) is -0.405. The summed E-state index contributed by atoms with van der Waals surface area (Å²) in [5.41, 5.74) is -0.720. The highest BCUT2D eigenvalue weighted by Gasteiger charge is 2.27. The highest BCUT2D eigenvalue weighted by Crippen LogP contribution is 2.40. The number of carbonyl (C=O) groups is 2. The van der Waals surface area contributed by atoms with Crippen molar-refractivity contribution in [2.24, 2.45) is 0 Å². The predicted molar refractivity (Wildman–Crippen MR) is 108 cm³/mol. The molecule has 0 saturated heterocycles. The van der Waals surface area contributed by atoms with E-state index in [2.05, 4.69) is 0 Å². The van der Waals surface area contributed by atoms with E-state index < -0.39 is 39.5 Å². The molecule has 0 amide bonds. The topological polar surface area (TPSA) is 102 Å². The average molecular weight is 504 g/mol. The van der Waals surface area contributed by atoms with Crippen molar-refractivity contribution in [2.75, 3.05) is 0 Å². The Morgan fingerprint density at radius 2 is 0.964 bits per heavy atom. The normalized spacial score (nSPS) is 12.1. The molecule has 28 heavy (non-hydrogen) atoms. The van der Waals surface area contributed by atoms with E-state index in [1.54, 1.807) is 0 Å². The van der Waals surface area contributed by atoms with E-state index >= 15 is 0 Å². The van der Waals surface area contributed by atoms with Crippen LogP contribution >= 0.6 is 44.6 Å². The van der Waals surface area contributed by atoms with E-state index in [0.29, 0.717) is 0 Å². The van der Waals surface area contributed by atoms with E-state index in [-0.39, 0.29) is 32.3 Å². The Morgan fingerprint density at radius 3 is 1.18 bits per heavy atom. The van der Waals surface area contributed by atoms with Crippen LogP contribution in [0.4, 0.5) is 0 Å². The van der Waals surface area contributed by atoms with Gasteiger partial charge in [0.15, 0.2) is 11.6 Å². The molecule has 0 radical (unpaired) electrons. The van der Waals surface area contributed by atoms with Gasteiger partial charge < -0.3 is 0 Å². The van der Waals surface area contributed by atoms with Crippen LogP contribution in [0.2, 0.25) is 10.0 Å². The Balaban J connectivity index is 3.13. The van der Waals surface area contributed by atoms with Crippen LogP contribution < -0.4 is 0 Å². The molecule has 0 atom stereocenters. The molecule has 0 saturated carbocycles. The van der Waals surface area contributed by atoms with Crippen molar-refractivity contribution >= 4 is 74.2 Å². The number of hydrogen-bond donors (Lipinski definition) is 0. The Labute approximate surface area is 180 Å². The van der Waals surface area contributed by atoms with Gasteiger partial charge >= 0.3 is 0 Å². The van der Waals surface area contributed by atoms with Crippen LogP contribution in [-0.4, -0.2) is 28.4 Å². The number of ketones is 2. The second-order valence-corrected chi connectivity index (χ2v) is 11.5. The summed E-state index contributed by atoms with van der Waals surface area (Å²) in [5.74, 6) is -1.03. The van der Waals surface area contributed by atoms with Gasteiger partial charge in [-0.3, -0.25) is 9.59 Å². The lowest BCUT2D eigenvalue weighted by Gasteiger charge is -2.15. The molecule has 150 valence electrons. The molecule has 0 aliphatic heterocycles. The number of halogens is 4. The van der Waals surface area contributed by atoms with E-state index in [9.17, 15) is 26.4 Å². The molecule has 6 nitrogen and oxygen atoms in total. The molecule has 0 bridgehead atoms. The van der Waals surface area contributed by atoms with Crippen LogP contribution in [-0.2, 0) is 18.1 Å². The molecule has 0 aliphatic carbocycles. The van der Waals surface area contributed by atoms with Crippen LogP contribution in [0.1, 0.15) is 34.6 Å². The molecule has 0 heterocycles. The number of carbonyl (C=O) groups excluding carboxylic acids is 2. The van der Waals surface area contributed by atoms with Gasteiger partial charge in [0.25, 0.3) is 18.1 Å². The Bertz CT molecular complexity index is 1140. The van der Waals surface area contributed by atoms with Crippen molar-refractivity contribution in [2.45, 2.75) is 23.6 Å². The minimum Gasteiger partial charge on any atom is -0.294 e. The number of rotatable bonds is 5. The van der Waals surface area contributed by atoms with Crippen molar-refractivity contribution in [1.82, 2.24) is 0 Å². The first-order valence-electron chi connectivity index (χ1n) is 7.23. The molecule has 12 heteroatoms. The fourth-order valence-electron chi connectivity index (χ4n) is 2.47. The molecule has 0 aromatic heterocycles. The van der Waals surface area contributed by atoms with Crippen LogP contribution in [0.5, 0.6) is 0 Å². The van der Waals surface area contributed by atoms with Gasteiger partial charge in [-0.15, -0.1) is 0 Å². The SMILES string of the molecule is CC(=O)c1cc(-c2cc(C(C)=O)c(Cl)cc2S(=O)(=O)Cl)c(S(=O)(=O)Cl)cc1Cl. The fourth-order valence-corrected chi connectivity index (χ4v) is 5.34. The first-order chi connectivity index (χ1) is 12.6. The largest absolute Gasteiger partial charge is 0.294 e. The fraction of sp³-hybridized carbons (Fsp3) is 0.125. The van der Waals surface area contributed by atoms with Gasteiger partial charge in [-0.2, -0.15) is 0 Å². The summed E-state index contributed by atoms with van der Waals surface area (Å²) in [4.78, 5) is 22.5. The highest BCUT2D eigenvalue weighted by atomic mass is 35.7. The van der Waals surface area contributed by atoms with Crippen LogP contribution in [0.3, 0.4) is 0 Å². The lowest BCUT2D eigenvalue weighted by Crippen LogP contribution is -2.05. The summed E-state index contributed by atoms with van der Waals surface area (Å²) < 4.78 is 48.2. The lowest BCUT2D eigenvalue weighted by molar-refractivity contribution is 0.100. The zero-order valence-corrected chi connectivity index (χ0v) is 18.7. The molecule has 0 unspecified atom stereocenters. The number of hydrogen-bond acceptors (Lipinski definition) is 6. The van der Waals surface area contributed by atoms with Gasteiger partial charge in [0.2, 0.25) is 0 Å². The molecule has 0 spiro atoms. The van der Waals surface area contributed by atoms with Crippen molar-refractivity contribution in [1.29, 1.82) is 0 Å². The molecule has 2 aromatic rings. The maximum absolute atomic E-state index is 12.1. The van der Waals surface area contributed by atoms with Crippen LogP contribution in [0, 0.1) is 0 Å². The standard InChI is InChI=1S/C16H10Cl4O6S2/c1-7(21)9-3-11(15(5-13(9)17)27(19,23)24)12-4-10(8(2)22)14(18)6-16(12)28(20,25)26/h3-6H,1-2H3. The van der Waals surface area contributed by atoms with E-state index in [1.807, 2.05) is 0 Å². The third kappa shape index (κ3) is 4.69. The van der Waals surface area contributed by atoms with Gasteiger partial charge in [-0.25, -0.2) is 16.8 Å². The quantitative estimate of drug-likeness (QED) is 0.423. The first-order valence-corrected chi connectivity index (χ1v) is 12.6. The molecule has 0 aliphatic rings. The Hall–Kier alpha value is -1.16. The zero-order valence-electron chi connectivity index (χ0n) is 14.1. The van der Waals surface area contributed by atoms with Crippen LogP contribution in [0.25, 0.3) is 11.1 Å². The Morgan fingerprint density at radius 1 is 0.679 bits per heavy atom. The van der Waals surface area contributed by atoms with Gasteiger partial charge in [-0.05, 0) is 38.1 Å². The highest BCUT2D eigenvalue weighted by molar-refractivity contribution is 8.14. The van der Waals surface area contributed by atoms with Gasteiger partial charge in [0.1, 0.15) is 0 Å².